The van der Waals surface area contributed by atoms with E-state index in [1.54, 1.807) is 0 Å². The van der Waals surface area contributed by atoms with Gasteiger partial charge in [-0.15, -0.1) is 5.48 Å². The summed E-state index contributed by atoms with van der Waals surface area (Å²) in [6.07, 6.45) is -0.850. The summed E-state index contributed by atoms with van der Waals surface area (Å²) in [6.45, 7) is 1.70. The molecular formula is C19H18N2O5. The quantitative estimate of drug-likeness (QED) is 0.610. The largest absolute Gasteiger partial charge is 0.448 e. The van der Waals surface area contributed by atoms with E-state index in [1.165, 1.54) is 6.92 Å². The highest BCUT2D eigenvalue weighted by Crippen LogP contribution is 2.44. The van der Waals surface area contributed by atoms with Gasteiger partial charge >= 0.3 is 12.6 Å². The van der Waals surface area contributed by atoms with Crippen molar-refractivity contribution in [1.29, 1.82) is 0 Å². The molecule has 0 bridgehead atoms. The first-order valence-corrected chi connectivity index (χ1v) is 8.12. The zero-order chi connectivity index (χ0) is 18.5. The maximum absolute atomic E-state index is 11.9. The number of fused-ring (bicyclic) bond motifs is 3. The highest BCUT2D eigenvalue weighted by molar-refractivity contribution is 5.94. The van der Waals surface area contributed by atoms with Crippen LogP contribution in [-0.2, 0) is 19.2 Å². The van der Waals surface area contributed by atoms with Gasteiger partial charge in [-0.3, -0.25) is 14.9 Å². The summed E-state index contributed by atoms with van der Waals surface area (Å²) in [5.41, 5.74) is 6.59. The van der Waals surface area contributed by atoms with Crippen molar-refractivity contribution in [3.05, 3.63) is 59.7 Å². The second kappa shape index (κ2) is 7.79. The minimum absolute atomic E-state index is 0.0859. The lowest BCUT2D eigenvalue weighted by Gasteiger charge is -2.15. The van der Waals surface area contributed by atoms with Gasteiger partial charge in [0.1, 0.15) is 12.6 Å². The summed E-state index contributed by atoms with van der Waals surface area (Å²) in [6, 6.07) is 15.0. The van der Waals surface area contributed by atoms with Gasteiger partial charge in [0.25, 0.3) is 0 Å². The summed E-state index contributed by atoms with van der Waals surface area (Å²) < 4.78 is 5.26. The number of rotatable bonds is 6. The molecular weight excluding hydrogens is 336 g/mol. The van der Waals surface area contributed by atoms with Gasteiger partial charge in [-0.2, -0.15) is 0 Å². The number of carbonyl (C=O) groups is 3. The average Bonchev–Trinajstić information content (AvgIpc) is 2.98. The van der Waals surface area contributed by atoms with E-state index in [1.807, 2.05) is 48.5 Å². The first-order chi connectivity index (χ1) is 12.6. The third kappa shape index (κ3) is 3.57. The summed E-state index contributed by atoms with van der Waals surface area (Å²) in [4.78, 5) is 38.1. The van der Waals surface area contributed by atoms with Crippen LogP contribution in [0.2, 0.25) is 0 Å². The number of imide groups is 1. The predicted octanol–water partition coefficient (Wildman–Crippen LogP) is 2.12. The molecule has 0 radical (unpaired) electrons. The molecule has 2 amide bonds. The van der Waals surface area contributed by atoms with Crippen LogP contribution in [0.15, 0.2) is 48.5 Å². The fourth-order valence-corrected chi connectivity index (χ4v) is 3.03. The zero-order valence-electron chi connectivity index (χ0n) is 14.1. The Morgan fingerprint density at radius 1 is 1.08 bits per heavy atom. The summed E-state index contributed by atoms with van der Waals surface area (Å²) in [5.74, 6) is -0.749. The van der Waals surface area contributed by atoms with Gasteiger partial charge in [0, 0.05) is 5.92 Å². The minimum Gasteiger partial charge on any atom is -0.448 e. The van der Waals surface area contributed by atoms with Crippen molar-refractivity contribution in [1.82, 2.24) is 10.8 Å². The molecule has 2 aromatic rings. The van der Waals surface area contributed by atoms with E-state index in [-0.39, 0.29) is 19.0 Å². The standard InChI is InChI=1S/C19H18N2O5/c1-12(21-26-11-22)18(23)20-19(24)25-10-17-15-8-4-2-6-13(15)14-7-3-5-9-16(14)17/h2-9,11-12,17,21H,10H2,1H3,(H,20,23,24). The van der Waals surface area contributed by atoms with Crippen molar-refractivity contribution in [3.63, 3.8) is 0 Å². The Hall–Kier alpha value is -3.19. The molecule has 134 valence electrons. The van der Waals surface area contributed by atoms with Gasteiger partial charge < -0.3 is 9.57 Å². The number of alkyl carbamates (subject to hydrolysis) is 1. The van der Waals surface area contributed by atoms with E-state index in [0.29, 0.717) is 0 Å². The van der Waals surface area contributed by atoms with Gasteiger partial charge in [-0.25, -0.2) is 4.79 Å². The van der Waals surface area contributed by atoms with Gasteiger partial charge in [0.05, 0.1) is 0 Å². The molecule has 1 unspecified atom stereocenters. The van der Waals surface area contributed by atoms with Crippen molar-refractivity contribution in [2.75, 3.05) is 6.61 Å². The molecule has 26 heavy (non-hydrogen) atoms. The third-order valence-corrected chi connectivity index (χ3v) is 4.26. The molecule has 7 nitrogen and oxygen atoms in total. The molecule has 0 aromatic heterocycles. The molecule has 1 atom stereocenters. The number of hydrogen-bond donors (Lipinski definition) is 2. The smallest absolute Gasteiger partial charge is 0.413 e. The van der Waals surface area contributed by atoms with E-state index in [0.717, 1.165) is 22.3 Å². The molecule has 0 spiro atoms. The van der Waals surface area contributed by atoms with Crippen LogP contribution in [0.1, 0.15) is 24.0 Å². The predicted molar refractivity (Wildman–Crippen MR) is 93.0 cm³/mol. The normalized spacial score (nSPS) is 13.3. The van der Waals surface area contributed by atoms with Gasteiger partial charge in [-0.1, -0.05) is 48.5 Å². The number of ether oxygens (including phenoxy) is 1. The average molecular weight is 354 g/mol. The number of nitrogens with one attached hydrogen (secondary N) is 2. The number of benzene rings is 2. The van der Waals surface area contributed by atoms with Crippen LogP contribution in [0.25, 0.3) is 11.1 Å². The van der Waals surface area contributed by atoms with Crippen LogP contribution in [-0.4, -0.2) is 31.1 Å². The first kappa shape index (κ1) is 17.6. The molecule has 3 rings (SSSR count). The molecule has 1 aliphatic rings. The van der Waals surface area contributed by atoms with Crippen LogP contribution in [0.3, 0.4) is 0 Å². The van der Waals surface area contributed by atoms with E-state index in [4.69, 9.17) is 4.74 Å². The number of carbonyl (C=O) groups excluding carboxylic acids is 3. The van der Waals surface area contributed by atoms with E-state index in [9.17, 15) is 14.4 Å². The monoisotopic (exact) mass is 354 g/mol. The summed E-state index contributed by atoms with van der Waals surface area (Å²) in [7, 11) is 0. The van der Waals surface area contributed by atoms with E-state index < -0.39 is 18.0 Å². The molecule has 1 aliphatic carbocycles. The van der Waals surface area contributed by atoms with Gasteiger partial charge in [0.2, 0.25) is 5.91 Å². The highest BCUT2D eigenvalue weighted by Gasteiger charge is 2.29. The van der Waals surface area contributed by atoms with Crippen molar-refractivity contribution < 1.29 is 24.0 Å². The molecule has 2 aromatic carbocycles. The first-order valence-electron chi connectivity index (χ1n) is 8.12. The number of hydrogen-bond acceptors (Lipinski definition) is 6. The van der Waals surface area contributed by atoms with Crippen LogP contribution in [0.5, 0.6) is 0 Å². The molecule has 0 saturated carbocycles. The van der Waals surface area contributed by atoms with Crippen molar-refractivity contribution in [2.24, 2.45) is 0 Å². The van der Waals surface area contributed by atoms with Crippen LogP contribution in [0.4, 0.5) is 4.79 Å². The van der Waals surface area contributed by atoms with Gasteiger partial charge in [0.15, 0.2) is 0 Å². The van der Waals surface area contributed by atoms with Gasteiger partial charge in [-0.05, 0) is 29.2 Å². The second-order valence-corrected chi connectivity index (χ2v) is 5.87. The van der Waals surface area contributed by atoms with Crippen LogP contribution < -0.4 is 10.8 Å². The zero-order valence-corrected chi connectivity index (χ0v) is 14.1. The Kier molecular flexibility index (Phi) is 5.28. The Bertz CT molecular complexity index is 791. The van der Waals surface area contributed by atoms with Crippen molar-refractivity contribution >= 4 is 18.5 Å². The number of amides is 2. The lowest BCUT2D eigenvalue weighted by atomic mass is 9.98. The summed E-state index contributed by atoms with van der Waals surface area (Å²) >= 11 is 0. The van der Waals surface area contributed by atoms with Crippen LogP contribution >= 0.6 is 0 Å². The lowest BCUT2D eigenvalue weighted by molar-refractivity contribution is -0.139. The SMILES string of the molecule is CC(NOC=O)C(=O)NC(=O)OCC1c2ccccc2-c2ccccc21. The van der Waals surface area contributed by atoms with E-state index >= 15 is 0 Å². The third-order valence-electron chi connectivity index (χ3n) is 4.26. The second-order valence-electron chi connectivity index (χ2n) is 5.87. The Labute approximate surface area is 150 Å². The van der Waals surface area contributed by atoms with Crippen molar-refractivity contribution in [2.45, 2.75) is 18.9 Å². The molecule has 7 heteroatoms. The molecule has 0 aliphatic heterocycles. The Morgan fingerprint density at radius 2 is 1.65 bits per heavy atom. The molecule has 0 fully saturated rings. The minimum atomic E-state index is -0.888. The fraction of sp³-hybridized carbons (Fsp3) is 0.211. The maximum Gasteiger partial charge on any atom is 0.413 e. The summed E-state index contributed by atoms with van der Waals surface area (Å²) in [5, 5.41) is 2.10. The fourth-order valence-electron chi connectivity index (χ4n) is 3.03. The topological polar surface area (TPSA) is 93.7 Å². The van der Waals surface area contributed by atoms with Crippen molar-refractivity contribution in [3.8, 4) is 11.1 Å². The Balaban J connectivity index is 1.64. The Morgan fingerprint density at radius 3 is 2.23 bits per heavy atom. The molecule has 0 heterocycles. The lowest BCUT2D eigenvalue weighted by Crippen LogP contribution is -2.44. The molecule has 0 saturated heterocycles. The number of hydroxylamine groups is 1. The molecule has 2 N–H and O–H groups in total. The maximum atomic E-state index is 11.9. The van der Waals surface area contributed by atoms with E-state index in [2.05, 4.69) is 15.6 Å². The highest BCUT2D eigenvalue weighted by atomic mass is 16.7. The van der Waals surface area contributed by atoms with Crippen LogP contribution in [0, 0.1) is 0 Å².